The molecule has 0 fully saturated rings. The summed E-state index contributed by atoms with van der Waals surface area (Å²) >= 11 is 0. The summed E-state index contributed by atoms with van der Waals surface area (Å²) in [6.45, 7) is -1.18. The van der Waals surface area contributed by atoms with Gasteiger partial charge in [0.1, 0.15) is 11.5 Å². The van der Waals surface area contributed by atoms with Gasteiger partial charge in [-0.05, 0) is 24.6 Å². The molecule has 0 aliphatic carbocycles. The van der Waals surface area contributed by atoms with Gasteiger partial charge in [-0.25, -0.2) is 4.79 Å². The number of nitrogens with one attached hydrogen (secondary N) is 2. The standard InChI is InChI=1S/C17H18F2N2O3/c1-11(12-6-4-3-5-7-12)20-17(22)21-14-10-13(23-2)8-9-15(14)24-16(18)19/h3-11,16H,1-2H3,(H2,20,21,22). The molecule has 2 aromatic carbocycles. The molecular formula is C17H18F2N2O3. The van der Waals surface area contributed by atoms with Crippen LogP contribution in [0, 0.1) is 0 Å². The third-order valence-electron chi connectivity index (χ3n) is 3.30. The van der Waals surface area contributed by atoms with E-state index in [-0.39, 0.29) is 17.5 Å². The third kappa shape index (κ3) is 4.84. The van der Waals surface area contributed by atoms with Crippen LogP contribution in [-0.4, -0.2) is 19.8 Å². The highest BCUT2D eigenvalue weighted by Crippen LogP contribution is 2.30. The summed E-state index contributed by atoms with van der Waals surface area (Å²) in [6, 6.07) is 12.7. The molecule has 0 spiro atoms. The summed E-state index contributed by atoms with van der Waals surface area (Å²) in [4.78, 5) is 12.1. The molecule has 0 radical (unpaired) electrons. The van der Waals surface area contributed by atoms with Gasteiger partial charge in [-0.3, -0.25) is 0 Å². The van der Waals surface area contributed by atoms with E-state index in [2.05, 4.69) is 15.4 Å². The molecule has 2 aromatic rings. The lowest BCUT2D eigenvalue weighted by Crippen LogP contribution is -2.31. The Labute approximate surface area is 138 Å². The molecule has 1 atom stereocenters. The van der Waals surface area contributed by atoms with Gasteiger partial charge in [-0.15, -0.1) is 0 Å². The lowest BCUT2D eigenvalue weighted by Gasteiger charge is -2.17. The summed E-state index contributed by atoms with van der Waals surface area (Å²) < 4.78 is 34.4. The minimum absolute atomic E-state index is 0.0902. The topological polar surface area (TPSA) is 59.6 Å². The maximum absolute atomic E-state index is 12.5. The molecule has 128 valence electrons. The molecular weight excluding hydrogens is 318 g/mol. The number of methoxy groups -OCH3 is 1. The predicted molar refractivity (Wildman–Crippen MR) is 86.6 cm³/mol. The predicted octanol–water partition coefficient (Wildman–Crippen LogP) is 4.18. The fraction of sp³-hybridized carbons (Fsp3) is 0.235. The van der Waals surface area contributed by atoms with Crippen LogP contribution in [0.4, 0.5) is 19.3 Å². The minimum Gasteiger partial charge on any atom is -0.497 e. The first kappa shape index (κ1) is 17.5. The molecule has 1 unspecified atom stereocenters. The summed E-state index contributed by atoms with van der Waals surface area (Å²) in [5, 5.41) is 5.23. The van der Waals surface area contributed by atoms with Gasteiger partial charge in [0.05, 0.1) is 18.8 Å². The number of rotatable bonds is 6. The Kier molecular flexibility index (Phi) is 5.95. The fourth-order valence-corrected chi connectivity index (χ4v) is 2.11. The van der Waals surface area contributed by atoms with Crippen molar-refractivity contribution in [2.24, 2.45) is 0 Å². The van der Waals surface area contributed by atoms with Gasteiger partial charge in [0.25, 0.3) is 0 Å². The molecule has 0 saturated heterocycles. The number of hydrogen-bond donors (Lipinski definition) is 2. The number of alkyl halides is 2. The number of hydrogen-bond acceptors (Lipinski definition) is 3. The average Bonchev–Trinajstić information content (AvgIpc) is 2.56. The number of carbonyl (C=O) groups is 1. The highest BCUT2D eigenvalue weighted by Gasteiger charge is 2.15. The van der Waals surface area contributed by atoms with Crippen LogP contribution in [0.25, 0.3) is 0 Å². The van der Waals surface area contributed by atoms with Crippen molar-refractivity contribution in [3.63, 3.8) is 0 Å². The minimum atomic E-state index is -3.00. The van der Waals surface area contributed by atoms with Gasteiger partial charge < -0.3 is 20.1 Å². The number of benzene rings is 2. The molecule has 0 heterocycles. The molecule has 0 aliphatic heterocycles. The van der Waals surface area contributed by atoms with Gasteiger partial charge in [0, 0.05) is 6.07 Å². The number of halogens is 2. The molecule has 0 aromatic heterocycles. The van der Waals surface area contributed by atoms with E-state index in [1.807, 2.05) is 37.3 Å². The first-order valence-electron chi connectivity index (χ1n) is 7.25. The maximum Gasteiger partial charge on any atom is 0.387 e. The molecule has 24 heavy (non-hydrogen) atoms. The first-order valence-corrected chi connectivity index (χ1v) is 7.25. The lowest BCUT2D eigenvalue weighted by atomic mass is 10.1. The molecule has 2 N–H and O–H groups in total. The Morgan fingerprint density at radius 2 is 1.83 bits per heavy atom. The van der Waals surface area contributed by atoms with Crippen LogP contribution in [0.2, 0.25) is 0 Å². The molecule has 7 heteroatoms. The maximum atomic E-state index is 12.5. The molecule has 5 nitrogen and oxygen atoms in total. The van der Waals surface area contributed by atoms with Crippen molar-refractivity contribution in [3.05, 3.63) is 54.1 Å². The zero-order valence-corrected chi connectivity index (χ0v) is 13.3. The van der Waals surface area contributed by atoms with E-state index in [9.17, 15) is 13.6 Å². The Morgan fingerprint density at radius 3 is 2.46 bits per heavy atom. The second-order valence-electron chi connectivity index (χ2n) is 4.97. The Balaban J connectivity index is 2.09. The third-order valence-corrected chi connectivity index (χ3v) is 3.30. The number of amides is 2. The van der Waals surface area contributed by atoms with Crippen LogP contribution in [0.15, 0.2) is 48.5 Å². The second-order valence-corrected chi connectivity index (χ2v) is 4.97. The van der Waals surface area contributed by atoms with Gasteiger partial charge in [-0.1, -0.05) is 30.3 Å². The molecule has 0 saturated carbocycles. The molecule has 2 amide bonds. The normalized spacial score (nSPS) is 11.7. The van der Waals surface area contributed by atoms with Gasteiger partial charge >= 0.3 is 12.6 Å². The highest BCUT2D eigenvalue weighted by atomic mass is 19.3. The van der Waals surface area contributed by atoms with Crippen molar-refractivity contribution in [2.45, 2.75) is 19.6 Å². The highest BCUT2D eigenvalue weighted by molar-refractivity contribution is 5.91. The number of anilines is 1. The first-order chi connectivity index (χ1) is 11.5. The van der Waals surface area contributed by atoms with Crippen LogP contribution in [0.3, 0.4) is 0 Å². The van der Waals surface area contributed by atoms with E-state index >= 15 is 0 Å². The number of ether oxygens (including phenoxy) is 2. The average molecular weight is 336 g/mol. The Hall–Kier alpha value is -2.83. The van der Waals surface area contributed by atoms with Crippen molar-refractivity contribution in [2.75, 3.05) is 12.4 Å². The zero-order chi connectivity index (χ0) is 17.5. The van der Waals surface area contributed by atoms with E-state index in [1.54, 1.807) is 0 Å². The quantitative estimate of drug-likeness (QED) is 0.832. The largest absolute Gasteiger partial charge is 0.497 e. The fourth-order valence-electron chi connectivity index (χ4n) is 2.11. The smallest absolute Gasteiger partial charge is 0.387 e. The SMILES string of the molecule is COc1ccc(OC(F)F)c(NC(=O)NC(C)c2ccccc2)c1. The summed E-state index contributed by atoms with van der Waals surface area (Å²) in [5.74, 6) is 0.260. The summed E-state index contributed by atoms with van der Waals surface area (Å²) in [5.41, 5.74) is 1.01. The van der Waals surface area contributed by atoms with E-state index in [0.29, 0.717) is 5.75 Å². The van der Waals surface area contributed by atoms with E-state index in [0.717, 1.165) is 5.56 Å². The van der Waals surface area contributed by atoms with E-state index in [4.69, 9.17) is 4.74 Å². The van der Waals surface area contributed by atoms with Crippen LogP contribution >= 0.6 is 0 Å². The van der Waals surface area contributed by atoms with Gasteiger partial charge in [-0.2, -0.15) is 8.78 Å². The van der Waals surface area contributed by atoms with Crippen LogP contribution in [-0.2, 0) is 0 Å². The zero-order valence-electron chi connectivity index (χ0n) is 13.3. The number of urea groups is 1. The van der Waals surface area contributed by atoms with Crippen LogP contribution in [0.1, 0.15) is 18.5 Å². The van der Waals surface area contributed by atoms with Crippen LogP contribution < -0.4 is 20.1 Å². The second kappa shape index (κ2) is 8.14. The van der Waals surface area contributed by atoms with Gasteiger partial charge in [0.2, 0.25) is 0 Å². The molecule has 0 bridgehead atoms. The van der Waals surface area contributed by atoms with E-state index in [1.165, 1.54) is 25.3 Å². The Morgan fingerprint density at radius 1 is 1.12 bits per heavy atom. The van der Waals surface area contributed by atoms with Crippen molar-refractivity contribution in [1.29, 1.82) is 0 Å². The number of carbonyl (C=O) groups excluding carboxylic acids is 1. The van der Waals surface area contributed by atoms with Gasteiger partial charge in [0.15, 0.2) is 0 Å². The molecule has 2 rings (SSSR count). The summed E-state index contributed by atoms with van der Waals surface area (Å²) in [7, 11) is 1.43. The molecule has 0 aliphatic rings. The van der Waals surface area contributed by atoms with Crippen LogP contribution in [0.5, 0.6) is 11.5 Å². The van der Waals surface area contributed by atoms with Crippen molar-refractivity contribution < 1.29 is 23.0 Å². The van der Waals surface area contributed by atoms with Crippen molar-refractivity contribution >= 4 is 11.7 Å². The summed E-state index contributed by atoms with van der Waals surface area (Å²) in [6.07, 6.45) is 0. The Bertz CT molecular complexity index is 681. The van der Waals surface area contributed by atoms with Crippen molar-refractivity contribution in [1.82, 2.24) is 5.32 Å². The van der Waals surface area contributed by atoms with Crippen molar-refractivity contribution in [3.8, 4) is 11.5 Å². The lowest BCUT2D eigenvalue weighted by molar-refractivity contribution is -0.0493. The van der Waals surface area contributed by atoms with E-state index < -0.39 is 12.6 Å². The monoisotopic (exact) mass is 336 g/mol.